The second kappa shape index (κ2) is 5.33. The van der Waals surface area contributed by atoms with Gasteiger partial charge in [-0.15, -0.1) is 0 Å². The molecule has 0 aliphatic carbocycles. The molecule has 0 saturated heterocycles. The minimum absolute atomic E-state index is 0.433. The smallest absolute Gasteiger partial charge is 0.313 e. The van der Waals surface area contributed by atoms with Crippen LogP contribution < -0.4 is 10.6 Å². The fraction of sp³-hybridized carbons (Fsp3) is 0.250. The van der Waals surface area contributed by atoms with Gasteiger partial charge in [0.1, 0.15) is 0 Å². The molecule has 2 aromatic rings. The monoisotopic (exact) mass is 270 g/mol. The fourth-order valence-electron chi connectivity index (χ4n) is 1.85. The first-order chi connectivity index (χ1) is 9.35. The van der Waals surface area contributed by atoms with Crippen LogP contribution in [0.5, 0.6) is 0 Å². The van der Waals surface area contributed by atoms with Crippen molar-refractivity contribution in [1.82, 2.24) is 5.32 Å². The quantitative estimate of drug-likeness (QED) is 0.783. The Morgan fingerprint density at radius 2 is 1.55 bits per heavy atom. The average Bonchev–Trinajstić information content (AvgIpc) is 2.36. The van der Waals surface area contributed by atoms with E-state index in [1.165, 1.54) is 0 Å². The molecule has 4 nitrogen and oxygen atoms in total. The van der Waals surface area contributed by atoms with Crippen molar-refractivity contribution in [3.63, 3.8) is 0 Å². The summed E-state index contributed by atoms with van der Waals surface area (Å²) in [5.74, 6) is -1.29. The zero-order valence-corrected chi connectivity index (χ0v) is 11.9. The summed E-state index contributed by atoms with van der Waals surface area (Å²) < 4.78 is 0. The molecule has 4 heteroatoms. The summed E-state index contributed by atoms with van der Waals surface area (Å²) in [7, 11) is 0. The summed E-state index contributed by atoms with van der Waals surface area (Å²) in [4.78, 5) is 23.5. The van der Waals surface area contributed by atoms with Gasteiger partial charge in [-0.3, -0.25) is 9.59 Å². The van der Waals surface area contributed by atoms with E-state index < -0.39 is 17.4 Å². The van der Waals surface area contributed by atoms with Gasteiger partial charge in [0.15, 0.2) is 0 Å². The van der Waals surface area contributed by atoms with Crippen LogP contribution in [0, 0.1) is 0 Å². The largest absolute Gasteiger partial charge is 0.343 e. The normalized spacial score (nSPS) is 11.2. The van der Waals surface area contributed by atoms with Gasteiger partial charge in [0.2, 0.25) is 0 Å². The first-order valence-corrected chi connectivity index (χ1v) is 6.47. The number of anilines is 1. The second-order valence-electron chi connectivity index (χ2n) is 5.72. The molecular formula is C16H18N2O2. The van der Waals surface area contributed by atoms with Crippen LogP contribution in [0.3, 0.4) is 0 Å². The maximum Gasteiger partial charge on any atom is 0.313 e. The number of nitrogens with one attached hydrogen (secondary N) is 2. The van der Waals surface area contributed by atoms with E-state index in [1.807, 2.05) is 57.2 Å². The van der Waals surface area contributed by atoms with E-state index in [9.17, 15) is 9.59 Å². The summed E-state index contributed by atoms with van der Waals surface area (Å²) in [6.07, 6.45) is 0. The fourth-order valence-corrected chi connectivity index (χ4v) is 1.85. The Labute approximate surface area is 118 Å². The van der Waals surface area contributed by atoms with E-state index in [1.54, 1.807) is 6.07 Å². The summed E-state index contributed by atoms with van der Waals surface area (Å²) in [5.41, 5.74) is 0.176. The molecule has 0 heterocycles. The summed E-state index contributed by atoms with van der Waals surface area (Å²) in [6.45, 7) is 5.48. The molecule has 0 spiro atoms. The van der Waals surface area contributed by atoms with E-state index in [2.05, 4.69) is 10.6 Å². The van der Waals surface area contributed by atoms with Gasteiger partial charge in [0.05, 0.1) is 0 Å². The Bertz CT molecular complexity index is 657. The van der Waals surface area contributed by atoms with Crippen molar-refractivity contribution < 1.29 is 9.59 Å². The number of rotatable bonds is 1. The molecular weight excluding hydrogens is 252 g/mol. The summed E-state index contributed by atoms with van der Waals surface area (Å²) in [5, 5.41) is 7.33. The molecule has 0 aliphatic heterocycles. The predicted octanol–water partition coefficient (Wildman–Crippen LogP) is 2.69. The van der Waals surface area contributed by atoms with Gasteiger partial charge in [-0.1, -0.05) is 30.3 Å². The lowest BCUT2D eigenvalue weighted by Gasteiger charge is -2.19. The molecule has 0 saturated carbocycles. The Balaban J connectivity index is 2.12. The van der Waals surface area contributed by atoms with E-state index >= 15 is 0 Å². The standard InChI is InChI=1S/C16H18N2O2/c1-16(2,3)18-15(20)14(19)17-13-9-8-11-6-4-5-7-12(11)10-13/h4-10H,1-3H3,(H,17,19)(H,18,20). The number of hydrogen-bond acceptors (Lipinski definition) is 2. The van der Waals surface area contributed by atoms with Crippen molar-refractivity contribution >= 4 is 28.3 Å². The molecule has 0 fully saturated rings. The molecule has 0 atom stereocenters. The third kappa shape index (κ3) is 3.57. The molecule has 2 amide bonds. The van der Waals surface area contributed by atoms with Crippen LogP contribution in [0.15, 0.2) is 42.5 Å². The van der Waals surface area contributed by atoms with Crippen LogP contribution in [0.25, 0.3) is 10.8 Å². The lowest BCUT2D eigenvalue weighted by atomic mass is 10.1. The van der Waals surface area contributed by atoms with Crippen LogP contribution >= 0.6 is 0 Å². The van der Waals surface area contributed by atoms with E-state index in [0.717, 1.165) is 10.8 Å². The third-order valence-electron chi connectivity index (χ3n) is 2.70. The van der Waals surface area contributed by atoms with Crippen molar-refractivity contribution in [2.24, 2.45) is 0 Å². The summed E-state index contributed by atoms with van der Waals surface area (Å²) >= 11 is 0. The lowest BCUT2D eigenvalue weighted by Crippen LogP contribution is -2.46. The number of carbonyl (C=O) groups is 2. The van der Waals surface area contributed by atoms with Crippen molar-refractivity contribution in [3.8, 4) is 0 Å². The highest BCUT2D eigenvalue weighted by atomic mass is 16.2. The molecule has 0 aliphatic rings. The zero-order chi connectivity index (χ0) is 14.8. The molecule has 0 aromatic heterocycles. The molecule has 2 N–H and O–H groups in total. The van der Waals surface area contributed by atoms with Gasteiger partial charge in [0, 0.05) is 11.2 Å². The highest BCUT2D eigenvalue weighted by Gasteiger charge is 2.20. The molecule has 2 rings (SSSR count). The number of benzene rings is 2. The highest BCUT2D eigenvalue weighted by Crippen LogP contribution is 2.18. The molecule has 20 heavy (non-hydrogen) atoms. The molecule has 104 valence electrons. The van der Waals surface area contributed by atoms with Gasteiger partial charge in [0.25, 0.3) is 0 Å². The van der Waals surface area contributed by atoms with Crippen LogP contribution in [0.2, 0.25) is 0 Å². The first-order valence-electron chi connectivity index (χ1n) is 6.47. The minimum atomic E-state index is -0.657. The number of fused-ring (bicyclic) bond motifs is 1. The SMILES string of the molecule is CC(C)(C)NC(=O)C(=O)Nc1ccc2ccccc2c1. The van der Waals surface area contributed by atoms with Crippen molar-refractivity contribution in [2.75, 3.05) is 5.32 Å². The highest BCUT2D eigenvalue weighted by molar-refractivity contribution is 6.39. The third-order valence-corrected chi connectivity index (χ3v) is 2.70. The number of carbonyl (C=O) groups excluding carboxylic acids is 2. The second-order valence-corrected chi connectivity index (χ2v) is 5.72. The lowest BCUT2D eigenvalue weighted by molar-refractivity contribution is -0.137. The van der Waals surface area contributed by atoms with Gasteiger partial charge in [-0.2, -0.15) is 0 Å². The van der Waals surface area contributed by atoms with Gasteiger partial charge < -0.3 is 10.6 Å². The Hall–Kier alpha value is -2.36. The molecule has 0 unspecified atom stereocenters. The van der Waals surface area contributed by atoms with E-state index in [4.69, 9.17) is 0 Å². The first kappa shape index (κ1) is 14.1. The molecule has 2 aromatic carbocycles. The van der Waals surface area contributed by atoms with Crippen LogP contribution in [-0.2, 0) is 9.59 Å². The molecule has 0 radical (unpaired) electrons. The van der Waals surface area contributed by atoms with Crippen LogP contribution in [-0.4, -0.2) is 17.4 Å². The van der Waals surface area contributed by atoms with Crippen molar-refractivity contribution in [1.29, 1.82) is 0 Å². The predicted molar refractivity (Wildman–Crippen MR) is 80.5 cm³/mol. The van der Waals surface area contributed by atoms with Gasteiger partial charge in [-0.05, 0) is 43.7 Å². The minimum Gasteiger partial charge on any atom is -0.343 e. The van der Waals surface area contributed by atoms with Gasteiger partial charge >= 0.3 is 11.8 Å². The zero-order valence-electron chi connectivity index (χ0n) is 11.9. The Morgan fingerprint density at radius 3 is 2.20 bits per heavy atom. The Morgan fingerprint density at radius 1 is 0.900 bits per heavy atom. The topological polar surface area (TPSA) is 58.2 Å². The maximum absolute atomic E-state index is 11.8. The van der Waals surface area contributed by atoms with Crippen molar-refractivity contribution in [3.05, 3.63) is 42.5 Å². The average molecular weight is 270 g/mol. The number of hydrogen-bond donors (Lipinski definition) is 2. The maximum atomic E-state index is 11.8. The number of amides is 2. The Kier molecular flexibility index (Phi) is 3.74. The van der Waals surface area contributed by atoms with Gasteiger partial charge in [-0.25, -0.2) is 0 Å². The van der Waals surface area contributed by atoms with Crippen molar-refractivity contribution in [2.45, 2.75) is 26.3 Å². The van der Waals surface area contributed by atoms with E-state index in [-0.39, 0.29) is 0 Å². The van der Waals surface area contributed by atoms with Crippen LogP contribution in [0.1, 0.15) is 20.8 Å². The van der Waals surface area contributed by atoms with Crippen LogP contribution in [0.4, 0.5) is 5.69 Å². The summed E-state index contributed by atoms with van der Waals surface area (Å²) in [6, 6.07) is 13.4. The molecule has 0 bridgehead atoms. The van der Waals surface area contributed by atoms with E-state index in [0.29, 0.717) is 5.69 Å².